The van der Waals surface area contributed by atoms with Crippen LogP contribution in [0.3, 0.4) is 0 Å². The van der Waals surface area contributed by atoms with Crippen LogP contribution in [0, 0.1) is 0 Å². The van der Waals surface area contributed by atoms with Crippen LogP contribution in [0.25, 0.3) is 11.0 Å². The number of hydrogen-bond donors (Lipinski definition) is 2. The fourth-order valence-corrected chi connectivity index (χ4v) is 2.82. The van der Waals surface area contributed by atoms with Crippen LogP contribution in [-0.2, 0) is 0 Å². The van der Waals surface area contributed by atoms with E-state index in [1.807, 2.05) is 18.2 Å². The quantitative estimate of drug-likeness (QED) is 0.603. The Labute approximate surface area is 117 Å². The maximum atomic E-state index is 5.21. The summed E-state index contributed by atoms with van der Waals surface area (Å²) in [7, 11) is 1.68. The second-order valence-corrected chi connectivity index (χ2v) is 5.94. The lowest BCUT2D eigenvalue weighted by Crippen LogP contribution is -2.17. The molecule has 0 bridgehead atoms. The molecular weight excluding hydrogens is 258 g/mol. The number of thioether (sulfide) groups is 1. The van der Waals surface area contributed by atoms with Gasteiger partial charge in [0.1, 0.15) is 5.75 Å². The Balaban J connectivity index is 1.52. The summed E-state index contributed by atoms with van der Waals surface area (Å²) in [5.41, 5.74) is 2.04. The Bertz CT molecular complexity index is 551. The summed E-state index contributed by atoms with van der Waals surface area (Å²) in [6.07, 6.45) is 3.90. The van der Waals surface area contributed by atoms with E-state index in [2.05, 4.69) is 15.3 Å². The number of nitrogens with zero attached hydrogens (tertiary/aromatic N) is 1. The average molecular weight is 277 g/mol. The largest absolute Gasteiger partial charge is 0.497 e. The summed E-state index contributed by atoms with van der Waals surface area (Å²) in [6, 6.07) is 6.73. The van der Waals surface area contributed by atoms with Gasteiger partial charge in [-0.05, 0) is 37.9 Å². The smallest absolute Gasteiger partial charge is 0.166 e. The SMILES string of the molecule is COc1ccc2nc(SCCCNC3CC3)[nH]c2c1. The molecule has 0 amide bonds. The molecule has 1 saturated carbocycles. The minimum absolute atomic E-state index is 0.809. The van der Waals surface area contributed by atoms with Crippen molar-refractivity contribution in [2.75, 3.05) is 19.4 Å². The molecule has 0 saturated heterocycles. The van der Waals surface area contributed by atoms with Crippen molar-refractivity contribution in [1.29, 1.82) is 0 Å². The van der Waals surface area contributed by atoms with Crippen molar-refractivity contribution in [3.05, 3.63) is 18.2 Å². The molecule has 1 aromatic heterocycles. The number of aromatic nitrogens is 2. The zero-order valence-corrected chi connectivity index (χ0v) is 11.9. The summed E-state index contributed by atoms with van der Waals surface area (Å²) >= 11 is 1.78. The van der Waals surface area contributed by atoms with E-state index < -0.39 is 0 Å². The van der Waals surface area contributed by atoms with Crippen LogP contribution in [0.1, 0.15) is 19.3 Å². The average Bonchev–Trinajstić information content (AvgIpc) is 3.16. The Morgan fingerprint density at radius 2 is 2.37 bits per heavy atom. The maximum Gasteiger partial charge on any atom is 0.166 e. The first-order valence-electron chi connectivity index (χ1n) is 6.75. The van der Waals surface area contributed by atoms with E-state index in [-0.39, 0.29) is 0 Å². The third kappa shape index (κ3) is 3.42. The van der Waals surface area contributed by atoms with Gasteiger partial charge >= 0.3 is 0 Å². The lowest BCUT2D eigenvalue weighted by Gasteiger charge is -2.00. The van der Waals surface area contributed by atoms with E-state index >= 15 is 0 Å². The monoisotopic (exact) mass is 277 g/mol. The summed E-state index contributed by atoms with van der Waals surface area (Å²) < 4.78 is 5.21. The predicted molar refractivity (Wildman–Crippen MR) is 79.0 cm³/mol. The van der Waals surface area contributed by atoms with E-state index in [0.717, 1.165) is 40.3 Å². The number of nitrogens with one attached hydrogen (secondary N) is 2. The van der Waals surface area contributed by atoms with Gasteiger partial charge in [0.15, 0.2) is 5.16 Å². The summed E-state index contributed by atoms with van der Waals surface area (Å²) in [5.74, 6) is 1.96. The minimum atomic E-state index is 0.809. The fourth-order valence-electron chi connectivity index (χ4n) is 2.00. The first-order valence-corrected chi connectivity index (χ1v) is 7.73. The maximum absolute atomic E-state index is 5.21. The number of ether oxygens (including phenoxy) is 1. The van der Waals surface area contributed by atoms with Crippen molar-refractivity contribution in [1.82, 2.24) is 15.3 Å². The van der Waals surface area contributed by atoms with Crippen LogP contribution in [0.15, 0.2) is 23.4 Å². The van der Waals surface area contributed by atoms with Crippen molar-refractivity contribution in [2.24, 2.45) is 0 Å². The molecule has 1 fully saturated rings. The molecule has 2 N–H and O–H groups in total. The van der Waals surface area contributed by atoms with Gasteiger partial charge in [0.05, 0.1) is 18.1 Å². The Morgan fingerprint density at radius 3 is 3.16 bits per heavy atom. The molecule has 0 unspecified atom stereocenters. The van der Waals surface area contributed by atoms with Gasteiger partial charge in [0.2, 0.25) is 0 Å². The standard InChI is InChI=1S/C14H19N3OS/c1-18-11-5-6-12-13(9-11)17-14(16-12)19-8-2-7-15-10-3-4-10/h5-6,9-10,15H,2-4,7-8H2,1H3,(H,16,17). The van der Waals surface area contributed by atoms with Gasteiger partial charge in [-0.15, -0.1) is 0 Å². The van der Waals surface area contributed by atoms with Crippen LogP contribution in [0.5, 0.6) is 5.75 Å². The van der Waals surface area contributed by atoms with E-state index in [4.69, 9.17) is 4.74 Å². The lowest BCUT2D eigenvalue weighted by atomic mass is 10.3. The topological polar surface area (TPSA) is 49.9 Å². The molecular formula is C14H19N3OS. The van der Waals surface area contributed by atoms with Crippen molar-refractivity contribution in [3.8, 4) is 5.75 Å². The molecule has 1 aliphatic rings. The van der Waals surface area contributed by atoms with Crippen LogP contribution in [0.2, 0.25) is 0 Å². The van der Waals surface area contributed by atoms with Gasteiger partial charge in [-0.2, -0.15) is 0 Å². The molecule has 0 spiro atoms. The van der Waals surface area contributed by atoms with Crippen LogP contribution in [0.4, 0.5) is 0 Å². The highest BCUT2D eigenvalue weighted by molar-refractivity contribution is 7.99. The molecule has 3 rings (SSSR count). The molecule has 2 aromatic rings. The van der Waals surface area contributed by atoms with Gasteiger partial charge in [-0.1, -0.05) is 11.8 Å². The second kappa shape index (κ2) is 5.84. The molecule has 1 heterocycles. The van der Waals surface area contributed by atoms with Crippen molar-refractivity contribution in [3.63, 3.8) is 0 Å². The van der Waals surface area contributed by atoms with Crippen LogP contribution < -0.4 is 10.1 Å². The third-order valence-corrected chi connectivity index (χ3v) is 4.20. The number of fused-ring (bicyclic) bond motifs is 1. The van der Waals surface area contributed by atoms with Crippen LogP contribution >= 0.6 is 11.8 Å². The summed E-state index contributed by atoms with van der Waals surface area (Å²) in [6.45, 7) is 1.12. The highest BCUT2D eigenvalue weighted by Crippen LogP contribution is 2.23. The molecule has 0 aliphatic heterocycles. The van der Waals surface area contributed by atoms with Gasteiger partial charge < -0.3 is 15.0 Å². The van der Waals surface area contributed by atoms with E-state index in [0.29, 0.717) is 0 Å². The minimum Gasteiger partial charge on any atom is -0.497 e. The Hall–Kier alpha value is -1.20. The predicted octanol–water partition coefficient (Wildman–Crippen LogP) is 2.81. The van der Waals surface area contributed by atoms with E-state index in [1.54, 1.807) is 18.9 Å². The Kier molecular flexibility index (Phi) is 3.94. The summed E-state index contributed by atoms with van der Waals surface area (Å²) in [4.78, 5) is 7.90. The van der Waals surface area contributed by atoms with Gasteiger partial charge in [-0.3, -0.25) is 0 Å². The first kappa shape index (κ1) is 12.8. The van der Waals surface area contributed by atoms with Crippen molar-refractivity contribution < 1.29 is 4.74 Å². The first-order chi connectivity index (χ1) is 9.35. The highest BCUT2D eigenvalue weighted by Gasteiger charge is 2.19. The number of H-pyrrole nitrogens is 1. The van der Waals surface area contributed by atoms with Crippen molar-refractivity contribution >= 4 is 22.8 Å². The number of benzene rings is 1. The molecule has 1 aromatic carbocycles. The Morgan fingerprint density at radius 1 is 1.47 bits per heavy atom. The number of rotatable bonds is 7. The molecule has 0 atom stereocenters. The normalized spacial score (nSPS) is 15.0. The van der Waals surface area contributed by atoms with Gasteiger partial charge in [0.25, 0.3) is 0 Å². The van der Waals surface area contributed by atoms with Crippen LogP contribution in [-0.4, -0.2) is 35.4 Å². The molecule has 5 heteroatoms. The number of methoxy groups -OCH3 is 1. The summed E-state index contributed by atoms with van der Waals surface area (Å²) in [5, 5.41) is 4.52. The number of hydrogen-bond acceptors (Lipinski definition) is 4. The molecule has 4 nitrogen and oxygen atoms in total. The van der Waals surface area contributed by atoms with Crippen molar-refractivity contribution in [2.45, 2.75) is 30.5 Å². The molecule has 1 aliphatic carbocycles. The third-order valence-electron chi connectivity index (χ3n) is 3.24. The fraction of sp³-hybridized carbons (Fsp3) is 0.500. The highest BCUT2D eigenvalue weighted by atomic mass is 32.2. The van der Waals surface area contributed by atoms with Gasteiger partial charge in [0, 0.05) is 17.9 Å². The van der Waals surface area contributed by atoms with E-state index in [9.17, 15) is 0 Å². The number of aromatic amines is 1. The lowest BCUT2D eigenvalue weighted by molar-refractivity contribution is 0.415. The van der Waals surface area contributed by atoms with E-state index in [1.165, 1.54) is 19.3 Å². The molecule has 102 valence electrons. The second-order valence-electron chi connectivity index (χ2n) is 4.86. The zero-order valence-electron chi connectivity index (χ0n) is 11.1. The number of imidazole rings is 1. The zero-order chi connectivity index (χ0) is 13.1. The van der Waals surface area contributed by atoms with Gasteiger partial charge in [-0.25, -0.2) is 4.98 Å². The molecule has 0 radical (unpaired) electrons. The molecule has 19 heavy (non-hydrogen) atoms.